The number of rotatable bonds is 2. The van der Waals surface area contributed by atoms with E-state index in [1.54, 1.807) is 11.3 Å². The lowest BCUT2D eigenvalue weighted by atomic mass is 9.96. The smallest absolute Gasteiger partial charge is 0.229 e. The van der Waals surface area contributed by atoms with E-state index in [4.69, 9.17) is 0 Å². The first-order valence-electron chi connectivity index (χ1n) is 6.88. The molecule has 1 amide bonds. The van der Waals surface area contributed by atoms with Crippen molar-refractivity contribution in [3.63, 3.8) is 0 Å². The Kier molecular flexibility index (Phi) is 4.87. The topological polar surface area (TPSA) is 41.1 Å². The molecule has 1 saturated heterocycles. The molecule has 19 heavy (non-hydrogen) atoms. The highest BCUT2D eigenvalue weighted by Crippen LogP contribution is 2.37. The van der Waals surface area contributed by atoms with E-state index in [2.05, 4.69) is 17.6 Å². The van der Waals surface area contributed by atoms with Crippen molar-refractivity contribution in [3.05, 3.63) is 16.0 Å². The minimum Gasteiger partial charge on any atom is -0.317 e. The molecule has 1 aromatic rings. The highest BCUT2D eigenvalue weighted by Gasteiger charge is 2.25. The van der Waals surface area contributed by atoms with Gasteiger partial charge in [0, 0.05) is 11.4 Å². The molecule has 1 fully saturated rings. The number of hydrogen-bond acceptors (Lipinski definition) is 3. The number of nitrogens with one attached hydrogen (secondary N) is 2. The normalized spacial score (nSPS) is 21.6. The summed E-state index contributed by atoms with van der Waals surface area (Å²) in [4.78, 5) is 13.6. The maximum Gasteiger partial charge on any atom is 0.229 e. The average molecular weight is 301 g/mol. The van der Waals surface area contributed by atoms with Gasteiger partial charge in [-0.15, -0.1) is 23.7 Å². The van der Waals surface area contributed by atoms with Crippen LogP contribution in [0.3, 0.4) is 0 Å². The highest BCUT2D eigenvalue weighted by molar-refractivity contribution is 7.16. The summed E-state index contributed by atoms with van der Waals surface area (Å²) in [6.45, 7) is 3.96. The zero-order valence-electron chi connectivity index (χ0n) is 11.3. The molecule has 0 radical (unpaired) electrons. The molecule has 2 N–H and O–H groups in total. The molecular weight excluding hydrogens is 280 g/mol. The zero-order chi connectivity index (χ0) is 12.5. The molecule has 0 bridgehead atoms. The van der Waals surface area contributed by atoms with E-state index in [1.165, 1.54) is 41.7 Å². The second-order valence-corrected chi connectivity index (χ2v) is 6.45. The Bertz CT molecular complexity index is 466. The lowest BCUT2D eigenvalue weighted by molar-refractivity contribution is -0.119. The van der Waals surface area contributed by atoms with Gasteiger partial charge >= 0.3 is 0 Å². The summed E-state index contributed by atoms with van der Waals surface area (Å²) in [5.41, 5.74) is 2.82. The molecular formula is C14H21ClN2OS. The highest BCUT2D eigenvalue weighted by atomic mass is 35.5. The van der Waals surface area contributed by atoms with Gasteiger partial charge in [-0.05, 0) is 56.7 Å². The van der Waals surface area contributed by atoms with E-state index in [0.29, 0.717) is 0 Å². The Morgan fingerprint density at radius 1 is 1.37 bits per heavy atom. The van der Waals surface area contributed by atoms with Crippen molar-refractivity contribution in [1.29, 1.82) is 0 Å². The minimum atomic E-state index is 0. The number of amides is 1. The van der Waals surface area contributed by atoms with Crippen molar-refractivity contribution < 1.29 is 4.79 Å². The summed E-state index contributed by atoms with van der Waals surface area (Å²) in [6, 6.07) is 0. The number of halogens is 1. The third-order valence-corrected chi connectivity index (χ3v) is 5.41. The summed E-state index contributed by atoms with van der Waals surface area (Å²) in [5.74, 6) is 0.352. The fourth-order valence-corrected chi connectivity index (χ4v) is 4.23. The van der Waals surface area contributed by atoms with Gasteiger partial charge in [0.15, 0.2) is 0 Å². The summed E-state index contributed by atoms with van der Waals surface area (Å²) in [7, 11) is 0. The van der Waals surface area contributed by atoms with Crippen LogP contribution in [-0.4, -0.2) is 19.0 Å². The third-order valence-electron chi connectivity index (χ3n) is 4.10. The van der Waals surface area contributed by atoms with Gasteiger partial charge in [0.05, 0.1) is 10.9 Å². The molecule has 1 atom stereocenters. The Morgan fingerprint density at radius 2 is 2.16 bits per heavy atom. The van der Waals surface area contributed by atoms with Gasteiger partial charge in [-0.25, -0.2) is 0 Å². The first-order chi connectivity index (χ1) is 8.75. The van der Waals surface area contributed by atoms with Crippen LogP contribution in [0, 0.1) is 12.8 Å². The number of anilines is 1. The van der Waals surface area contributed by atoms with Gasteiger partial charge in [-0.2, -0.15) is 0 Å². The molecule has 1 aliphatic heterocycles. The molecule has 5 heteroatoms. The van der Waals surface area contributed by atoms with Crippen molar-refractivity contribution in [2.45, 2.75) is 39.0 Å². The van der Waals surface area contributed by atoms with Crippen LogP contribution in [0.1, 0.15) is 35.3 Å². The maximum absolute atomic E-state index is 12.1. The van der Waals surface area contributed by atoms with E-state index >= 15 is 0 Å². The van der Waals surface area contributed by atoms with Gasteiger partial charge in [0.1, 0.15) is 0 Å². The molecule has 1 aliphatic carbocycles. The van der Waals surface area contributed by atoms with Crippen LogP contribution in [0.2, 0.25) is 0 Å². The van der Waals surface area contributed by atoms with Crippen molar-refractivity contribution in [1.82, 2.24) is 5.32 Å². The van der Waals surface area contributed by atoms with Crippen LogP contribution in [-0.2, 0) is 17.6 Å². The molecule has 2 aliphatic rings. The van der Waals surface area contributed by atoms with E-state index in [9.17, 15) is 4.79 Å². The number of aryl methyl sites for hydroxylation is 1. The zero-order valence-corrected chi connectivity index (χ0v) is 12.9. The van der Waals surface area contributed by atoms with Crippen LogP contribution in [0.15, 0.2) is 0 Å². The van der Waals surface area contributed by atoms with E-state index in [1.807, 2.05) is 0 Å². The summed E-state index contributed by atoms with van der Waals surface area (Å²) >= 11 is 1.80. The van der Waals surface area contributed by atoms with Crippen LogP contribution in [0.4, 0.5) is 5.00 Å². The molecule has 3 nitrogen and oxygen atoms in total. The number of hydrogen-bond donors (Lipinski definition) is 2. The number of carbonyl (C=O) groups is 1. The van der Waals surface area contributed by atoms with Gasteiger partial charge in [0.25, 0.3) is 0 Å². The van der Waals surface area contributed by atoms with E-state index in [0.717, 1.165) is 24.5 Å². The van der Waals surface area contributed by atoms with E-state index in [-0.39, 0.29) is 24.2 Å². The molecule has 106 valence electrons. The molecule has 1 unspecified atom stereocenters. The average Bonchev–Trinajstić information content (AvgIpc) is 3.00. The summed E-state index contributed by atoms with van der Waals surface area (Å²) in [6.07, 6.45) is 5.95. The number of carbonyl (C=O) groups excluding carboxylic acids is 1. The largest absolute Gasteiger partial charge is 0.317 e. The molecule has 0 saturated carbocycles. The van der Waals surface area contributed by atoms with Gasteiger partial charge < -0.3 is 10.6 Å². The third kappa shape index (κ3) is 2.96. The predicted octanol–water partition coefficient (Wildman–Crippen LogP) is 2.91. The first-order valence-corrected chi connectivity index (χ1v) is 7.70. The van der Waals surface area contributed by atoms with E-state index < -0.39 is 0 Å². The molecule has 1 aromatic heterocycles. The van der Waals surface area contributed by atoms with Crippen LogP contribution in [0.5, 0.6) is 0 Å². The number of thiophene rings is 1. The maximum atomic E-state index is 12.1. The monoisotopic (exact) mass is 300 g/mol. The number of fused-ring (bicyclic) bond motifs is 1. The Labute approximate surface area is 124 Å². The molecule has 3 rings (SSSR count). The van der Waals surface area contributed by atoms with Gasteiger partial charge in [-0.1, -0.05) is 0 Å². The predicted molar refractivity (Wildman–Crippen MR) is 82.6 cm³/mol. The minimum absolute atomic E-state index is 0. The van der Waals surface area contributed by atoms with Crippen LogP contribution >= 0.6 is 23.7 Å². The lowest BCUT2D eigenvalue weighted by Crippen LogP contribution is -2.24. The van der Waals surface area contributed by atoms with Crippen molar-refractivity contribution in [3.8, 4) is 0 Å². The Hall–Kier alpha value is -0.580. The second kappa shape index (κ2) is 6.25. The SMILES string of the molecule is Cc1c(NC(=O)C2CCNC2)sc2c1CCCC2.Cl. The lowest BCUT2D eigenvalue weighted by Gasteiger charge is -2.11. The summed E-state index contributed by atoms with van der Waals surface area (Å²) in [5, 5.41) is 7.49. The van der Waals surface area contributed by atoms with Crippen molar-refractivity contribution in [2.24, 2.45) is 5.92 Å². The second-order valence-electron chi connectivity index (χ2n) is 5.34. The molecule has 0 spiro atoms. The van der Waals surface area contributed by atoms with Crippen LogP contribution in [0.25, 0.3) is 0 Å². The van der Waals surface area contributed by atoms with Crippen molar-refractivity contribution >= 4 is 34.7 Å². The fraction of sp³-hybridized carbons (Fsp3) is 0.643. The quantitative estimate of drug-likeness (QED) is 0.882. The van der Waals surface area contributed by atoms with Crippen molar-refractivity contribution in [2.75, 3.05) is 18.4 Å². The Morgan fingerprint density at radius 3 is 2.84 bits per heavy atom. The first kappa shape index (κ1) is 14.8. The Balaban J connectivity index is 0.00000133. The molecule has 0 aromatic carbocycles. The molecule has 2 heterocycles. The van der Waals surface area contributed by atoms with Gasteiger partial charge in [-0.3, -0.25) is 4.79 Å². The fourth-order valence-electron chi connectivity index (χ4n) is 2.94. The standard InChI is InChI=1S/C14H20N2OS.ClH/c1-9-11-4-2-3-5-12(11)18-14(9)16-13(17)10-6-7-15-8-10;/h10,15H,2-8H2,1H3,(H,16,17);1H. The van der Waals surface area contributed by atoms with Crippen LogP contribution < -0.4 is 10.6 Å². The van der Waals surface area contributed by atoms with Gasteiger partial charge in [0.2, 0.25) is 5.91 Å². The summed E-state index contributed by atoms with van der Waals surface area (Å²) < 4.78 is 0.